The molecule has 0 aliphatic carbocycles. The van der Waals surface area contributed by atoms with Gasteiger partial charge in [0.05, 0.1) is 24.1 Å². The third-order valence-electron chi connectivity index (χ3n) is 4.88. The van der Waals surface area contributed by atoms with Gasteiger partial charge in [0.2, 0.25) is 11.8 Å². The molecule has 0 bridgehead atoms. The van der Waals surface area contributed by atoms with E-state index in [0.717, 1.165) is 17.3 Å². The first-order chi connectivity index (χ1) is 15.4. The molecule has 0 aliphatic rings. The van der Waals surface area contributed by atoms with Crippen molar-refractivity contribution in [2.24, 2.45) is 7.05 Å². The number of hydrogen-bond donors (Lipinski definition) is 2. The number of ether oxygens (including phenoxy) is 1. The van der Waals surface area contributed by atoms with E-state index in [-0.39, 0.29) is 34.4 Å². The highest BCUT2D eigenvalue weighted by Gasteiger charge is 2.24. The first-order valence-corrected chi connectivity index (χ1v) is 12.3. The Morgan fingerprint density at radius 2 is 1.94 bits per heavy atom. The SMILES string of the molecule is CC(C)c1ccccc1-c1cc(OCCC(C)(C)O)nc(NS(=O)(=O)c2cnn(C)c2Cl)n1. The zero-order valence-corrected chi connectivity index (χ0v) is 20.8. The van der Waals surface area contributed by atoms with Gasteiger partial charge in [-0.15, -0.1) is 0 Å². The quantitative estimate of drug-likeness (QED) is 0.462. The van der Waals surface area contributed by atoms with Crippen LogP contribution in [-0.4, -0.2) is 45.5 Å². The van der Waals surface area contributed by atoms with Crippen LogP contribution in [0.2, 0.25) is 5.15 Å². The molecule has 2 heterocycles. The predicted octanol–water partition coefficient (Wildman–Crippen LogP) is 3.99. The molecule has 0 atom stereocenters. The molecule has 11 heteroatoms. The molecule has 1 aromatic carbocycles. The van der Waals surface area contributed by atoms with Crippen molar-refractivity contribution < 1.29 is 18.3 Å². The maximum atomic E-state index is 12.9. The zero-order valence-electron chi connectivity index (χ0n) is 19.2. The van der Waals surface area contributed by atoms with E-state index in [4.69, 9.17) is 16.3 Å². The molecule has 3 rings (SSSR count). The number of aryl methyl sites for hydroxylation is 1. The van der Waals surface area contributed by atoms with Gasteiger partial charge >= 0.3 is 0 Å². The summed E-state index contributed by atoms with van der Waals surface area (Å²) in [6.45, 7) is 7.67. The van der Waals surface area contributed by atoms with Gasteiger partial charge < -0.3 is 9.84 Å². The molecule has 33 heavy (non-hydrogen) atoms. The van der Waals surface area contributed by atoms with E-state index in [1.165, 1.54) is 11.7 Å². The van der Waals surface area contributed by atoms with Crippen LogP contribution in [-0.2, 0) is 17.1 Å². The van der Waals surface area contributed by atoms with E-state index < -0.39 is 15.6 Å². The number of sulfonamides is 1. The van der Waals surface area contributed by atoms with E-state index in [0.29, 0.717) is 12.1 Å². The maximum absolute atomic E-state index is 12.9. The van der Waals surface area contributed by atoms with Crippen molar-refractivity contribution in [1.29, 1.82) is 0 Å². The standard InChI is InChI=1S/C22H28ClN5O4S/c1-14(2)15-8-6-7-9-16(15)17-12-19(32-11-10-22(3,4)29)26-21(25-17)27-33(30,31)18-13-24-28(5)20(18)23/h6-9,12-14,29H,10-11H2,1-5H3,(H,25,26,27). The number of benzene rings is 1. The van der Waals surface area contributed by atoms with Crippen LogP contribution in [0.4, 0.5) is 5.95 Å². The molecule has 0 unspecified atom stereocenters. The minimum atomic E-state index is -4.09. The fourth-order valence-electron chi connectivity index (χ4n) is 3.08. The fourth-order valence-corrected chi connectivity index (χ4v) is 4.46. The highest BCUT2D eigenvalue weighted by atomic mass is 35.5. The van der Waals surface area contributed by atoms with Crippen molar-refractivity contribution in [1.82, 2.24) is 19.7 Å². The molecule has 2 aromatic heterocycles. The van der Waals surface area contributed by atoms with Crippen molar-refractivity contribution in [3.63, 3.8) is 0 Å². The molecular formula is C22H28ClN5O4S. The lowest BCUT2D eigenvalue weighted by atomic mass is 9.95. The monoisotopic (exact) mass is 493 g/mol. The lowest BCUT2D eigenvalue weighted by Gasteiger charge is -2.18. The highest BCUT2D eigenvalue weighted by Crippen LogP contribution is 2.31. The molecular weight excluding hydrogens is 466 g/mol. The molecule has 178 valence electrons. The van der Waals surface area contributed by atoms with Crippen LogP contribution in [0.3, 0.4) is 0 Å². The van der Waals surface area contributed by atoms with Crippen molar-refractivity contribution in [3.05, 3.63) is 47.2 Å². The van der Waals surface area contributed by atoms with Crippen LogP contribution in [0, 0.1) is 0 Å². The Kier molecular flexibility index (Phi) is 7.30. The zero-order chi connectivity index (χ0) is 24.4. The second-order valence-corrected chi connectivity index (χ2v) is 10.6. The lowest BCUT2D eigenvalue weighted by molar-refractivity contribution is 0.0547. The Morgan fingerprint density at radius 1 is 1.24 bits per heavy atom. The Labute approximate surface area is 198 Å². The van der Waals surface area contributed by atoms with Gasteiger partial charge in [0.15, 0.2) is 0 Å². The number of aliphatic hydroxyl groups is 1. The summed E-state index contributed by atoms with van der Waals surface area (Å²) in [5.41, 5.74) is 1.47. The Morgan fingerprint density at radius 3 is 2.55 bits per heavy atom. The first kappa shape index (κ1) is 24.9. The van der Waals surface area contributed by atoms with E-state index in [1.807, 2.05) is 24.3 Å². The third-order valence-corrected chi connectivity index (χ3v) is 6.77. The Balaban J connectivity index is 2.03. The Hall–Kier alpha value is -2.69. The number of anilines is 1. The molecule has 0 aliphatic heterocycles. The molecule has 0 saturated heterocycles. The van der Waals surface area contributed by atoms with Gasteiger partial charge in [-0.1, -0.05) is 49.7 Å². The number of aromatic nitrogens is 4. The van der Waals surface area contributed by atoms with Gasteiger partial charge in [0, 0.05) is 25.1 Å². The third kappa shape index (κ3) is 6.21. The van der Waals surface area contributed by atoms with E-state index >= 15 is 0 Å². The van der Waals surface area contributed by atoms with Gasteiger partial charge in [0.25, 0.3) is 10.0 Å². The molecule has 2 N–H and O–H groups in total. The van der Waals surface area contributed by atoms with E-state index in [2.05, 4.69) is 33.6 Å². The summed E-state index contributed by atoms with van der Waals surface area (Å²) in [7, 11) is -2.56. The molecule has 3 aromatic rings. The topological polar surface area (TPSA) is 119 Å². The molecule has 0 fully saturated rings. The summed E-state index contributed by atoms with van der Waals surface area (Å²) < 4.78 is 35.2. The average Bonchev–Trinajstić information content (AvgIpc) is 3.06. The second kappa shape index (κ2) is 9.66. The van der Waals surface area contributed by atoms with Gasteiger partial charge in [-0.25, -0.2) is 18.1 Å². The number of halogens is 1. The molecule has 0 amide bonds. The molecule has 9 nitrogen and oxygen atoms in total. The smallest absolute Gasteiger partial charge is 0.268 e. The minimum absolute atomic E-state index is 0.0366. The van der Waals surface area contributed by atoms with Crippen molar-refractivity contribution in [2.75, 3.05) is 11.3 Å². The number of nitrogens with zero attached hydrogens (tertiary/aromatic N) is 4. The van der Waals surface area contributed by atoms with Crippen LogP contribution < -0.4 is 9.46 Å². The van der Waals surface area contributed by atoms with Gasteiger partial charge in [-0.2, -0.15) is 10.1 Å². The van der Waals surface area contributed by atoms with Crippen LogP contribution >= 0.6 is 11.6 Å². The van der Waals surface area contributed by atoms with E-state index in [1.54, 1.807) is 19.9 Å². The van der Waals surface area contributed by atoms with Crippen molar-refractivity contribution in [3.8, 4) is 17.1 Å². The van der Waals surface area contributed by atoms with Crippen LogP contribution in [0.1, 0.15) is 45.6 Å². The Bertz CT molecular complexity index is 1240. The minimum Gasteiger partial charge on any atom is -0.477 e. The summed E-state index contributed by atoms with van der Waals surface area (Å²) in [6, 6.07) is 9.39. The first-order valence-electron chi connectivity index (χ1n) is 10.4. The fraction of sp³-hybridized carbons (Fsp3) is 0.409. The average molecular weight is 494 g/mol. The summed E-state index contributed by atoms with van der Waals surface area (Å²) in [5, 5.41) is 13.8. The number of nitrogens with one attached hydrogen (secondary N) is 1. The van der Waals surface area contributed by atoms with Crippen LogP contribution in [0.15, 0.2) is 41.4 Å². The largest absolute Gasteiger partial charge is 0.477 e. The van der Waals surface area contributed by atoms with Crippen molar-refractivity contribution in [2.45, 2.75) is 50.5 Å². The van der Waals surface area contributed by atoms with Gasteiger partial charge in [0.1, 0.15) is 10.0 Å². The number of hydrogen-bond acceptors (Lipinski definition) is 7. The van der Waals surface area contributed by atoms with Gasteiger partial charge in [-0.05, 0) is 25.3 Å². The maximum Gasteiger partial charge on any atom is 0.268 e. The summed E-state index contributed by atoms with van der Waals surface area (Å²) in [5.74, 6) is 0.229. The highest BCUT2D eigenvalue weighted by molar-refractivity contribution is 7.92. The summed E-state index contributed by atoms with van der Waals surface area (Å²) >= 11 is 6.08. The summed E-state index contributed by atoms with van der Waals surface area (Å²) in [4.78, 5) is 8.49. The lowest BCUT2D eigenvalue weighted by Crippen LogP contribution is -2.22. The normalized spacial score (nSPS) is 12.2. The van der Waals surface area contributed by atoms with Crippen LogP contribution in [0.25, 0.3) is 11.3 Å². The second-order valence-electron chi connectivity index (χ2n) is 8.60. The van der Waals surface area contributed by atoms with Gasteiger partial charge in [-0.3, -0.25) is 4.68 Å². The predicted molar refractivity (Wildman–Crippen MR) is 127 cm³/mol. The molecule has 0 radical (unpaired) electrons. The summed E-state index contributed by atoms with van der Waals surface area (Å²) in [6.07, 6.45) is 1.52. The van der Waals surface area contributed by atoms with Crippen molar-refractivity contribution >= 4 is 27.6 Å². The van der Waals surface area contributed by atoms with E-state index in [9.17, 15) is 13.5 Å². The van der Waals surface area contributed by atoms with Crippen LogP contribution in [0.5, 0.6) is 5.88 Å². The molecule has 0 saturated carbocycles. The molecule has 0 spiro atoms. The number of rotatable bonds is 9.